The first-order chi connectivity index (χ1) is 15.2. The molecule has 1 aromatic carbocycles. The summed E-state index contributed by atoms with van der Waals surface area (Å²) in [5.74, 6) is 1.20. The number of aryl methyl sites for hydroxylation is 2. The first-order valence-corrected chi connectivity index (χ1v) is 11.7. The van der Waals surface area contributed by atoms with Gasteiger partial charge < -0.3 is 9.47 Å². The maximum Gasteiger partial charge on any atom is 0.266 e. The number of benzene rings is 1. The van der Waals surface area contributed by atoms with E-state index in [-0.39, 0.29) is 29.3 Å². The maximum absolute atomic E-state index is 12.9. The van der Waals surface area contributed by atoms with Gasteiger partial charge in [-0.05, 0) is 52.0 Å². The van der Waals surface area contributed by atoms with Crippen molar-refractivity contribution < 1.29 is 17.9 Å². The van der Waals surface area contributed by atoms with Crippen molar-refractivity contribution in [3.05, 3.63) is 58.1 Å². The van der Waals surface area contributed by atoms with Gasteiger partial charge in [-0.25, -0.2) is 22.5 Å². The third-order valence-corrected chi connectivity index (χ3v) is 6.01. The molecule has 1 N–H and O–H groups in total. The van der Waals surface area contributed by atoms with E-state index in [1.54, 1.807) is 29.8 Å². The lowest BCUT2D eigenvalue weighted by molar-refractivity contribution is 0.317. The minimum absolute atomic E-state index is 0.000462. The fraction of sp³-hybridized carbons (Fsp3) is 0.381. The summed E-state index contributed by atoms with van der Waals surface area (Å²) >= 11 is 0. The molecule has 0 fully saturated rings. The molecule has 3 aromatic rings. The van der Waals surface area contributed by atoms with Gasteiger partial charge in [0.05, 0.1) is 25.5 Å². The second-order valence-electron chi connectivity index (χ2n) is 6.96. The second-order valence-corrected chi connectivity index (χ2v) is 8.70. The van der Waals surface area contributed by atoms with Gasteiger partial charge in [-0.1, -0.05) is 0 Å². The first-order valence-electron chi connectivity index (χ1n) is 10.3. The Labute approximate surface area is 186 Å². The Morgan fingerprint density at radius 3 is 2.41 bits per heavy atom. The summed E-state index contributed by atoms with van der Waals surface area (Å²) in [6, 6.07) is 9.42. The Morgan fingerprint density at radius 2 is 1.75 bits per heavy atom. The van der Waals surface area contributed by atoms with E-state index in [0.29, 0.717) is 24.8 Å². The Balaban J connectivity index is 1.77. The minimum Gasteiger partial charge on any atom is -0.494 e. The van der Waals surface area contributed by atoms with E-state index in [1.807, 2.05) is 26.8 Å². The van der Waals surface area contributed by atoms with E-state index in [9.17, 15) is 13.2 Å². The summed E-state index contributed by atoms with van der Waals surface area (Å²) in [5, 5.41) is 8.68. The summed E-state index contributed by atoms with van der Waals surface area (Å²) in [7, 11) is -3.88. The number of nitrogens with one attached hydrogen (secondary N) is 1. The quantitative estimate of drug-likeness (QED) is 0.489. The van der Waals surface area contributed by atoms with Crippen LogP contribution in [0.4, 0.5) is 0 Å². The van der Waals surface area contributed by atoms with Crippen LogP contribution in [0.3, 0.4) is 0 Å². The molecule has 0 radical (unpaired) electrons. The van der Waals surface area contributed by atoms with E-state index in [2.05, 4.69) is 14.9 Å². The number of aromatic nitrogens is 4. The maximum atomic E-state index is 12.9. The number of nitrogens with zero attached hydrogens (tertiary/aromatic N) is 4. The zero-order valence-corrected chi connectivity index (χ0v) is 19.3. The minimum atomic E-state index is -3.88. The lowest BCUT2D eigenvalue weighted by atomic mass is 10.3. The molecular formula is C21H27N5O5S. The summed E-state index contributed by atoms with van der Waals surface area (Å²) in [4.78, 5) is 12.2. The lowest BCUT2D eigenvalue weighted by Gasteiger charge is -2.14. The van der Waals surface area contributed by atoms with Crippen molar-refractivity contribution in [2.24, 2.45) is 0 Å². The predicted octanol–water partition coefficient (Wildman–Crippen LogP) is 1.82. The summed E-state index contributed by atoms with van der Waals surface area (Å²) < 4.78 is 42.0. The van der Waals surface area contributed by atoms with Crippen LogP contribution in [0.5, 0.6) is 11.5 Å². The van der Waals surface area contributed by atoms with E-state index < -0.39 is 10.0 Å². The monoisotopic (exact) mass is 461 g/mol. The molecule has 32 heavy (non-hydrogen) atoms. The number of rotatable bonds is 10. The van der Waals surface area contributed by atoms with E-state index in [0.717, 1.165) is 11.4 Å². The van der Waals surface area contributed by atoms with E-state index in [1.165, 1.54) is 16.8 Å². The van der Waals surface area contributed by atoms with Crippen molar-refractivity contribution in [1.82, 2.24) is 24.3 Å². The van der Waals surface area contributed by atoms with Crippen molar-refractivity contribution >= 4 is 10.0 Å². The van der Waals surface area contributed by atoms with Crippen LogP contribution in [0.15, 0.2) is 46.1 Å². The zero-order valence-electron chi connectivity index (χ0n) is 18.5. The van der Waals surface area contributed by atoms with E-state index in [4.69, 9.17) is 9.47 Å². The van der Waals surface area contributed by atoms with Gasteiger partial charge in [-0.3, -0.25) is 4.79 Å². The number of hydrogen-bond acceptors (Lipinski definition) is 7. The summed E-state index contributed by atoms with van der Waals surface area (Å²) in [5.41, 5.74) is 1.36. The fourth-order valence-corrected chi connectivity index (χ4v) is 4.32. The van der Waals surface area contributed by atoms with Gasteiger partial charge in [0.25, 0.3) is 5.56 Å². The van der Waals surface area contributed by atoms with Gasteiger partial charge in [0.1, 0.15) is 16.4 Å². The fourth-order valence-electron chi connectivity index (χ4n) is 3.17. The highest BCUT2D eigenvalue weighted by Gasteiger charge is 2.20. The van der Waals surface area contributed by atoms with Crippen molar-refractivity contribution in [2.45, 2.75) is 39.1 Å². The normalized spacial score (nSPS) is 11.5. The molecule has 10 nitrogen and oxygen atoms in total. The Hall–Kier alpha value is -3.18. The van der Waals surface area contributed by atoms with Gasteiger partial charge in [-0.2, -0.15) is 5.10 Å². The summed E-state index contributed by atoms with van der Waals surface area (Å²) in [6.45, 7) is 8.13. The predicted molar refractivity (Wildman–Crippen MR) is 119 cm³/mol. The molecule has 0 unspecified atom stereocenters. The molecule has 0 amide bonds. The van der Waals surface area contributed by atoms with Crippen molar-refractivity contribution in [1.29, 1.82) is 0 Å². The van der Waals surface area contributed by atoms with Crippen molar-refractivity contribution in [2.75, 3.05) is 19.8 Å². The largest absolute Gasteiger partial charge is 0.494 e. The summed E-state index contributed by atoms with van der Waals surface area (Å²) in [6.07, 6.45) is 0. The lowest BCUT2D eigenvalue weighted by Crippen LogP contribution is -2.32. The van der Waals surface area contributed by atoms with Crippen molar-refractivity contribution in [3.63, 3.8) is 0 Å². The Morgan fingerprint density at radius 1 is 1.00 bits per heavy atom. The van der Waals surface area contributed by atoms with Gasteiger partial charge in [0, 0.05) is 24.4 Å². The average molecular weight is 462 g/mol. The van der Waals surface area contributed by atoms with Crippen LogP contribution < -0.4 is 19.8 Å². The number of hydrogen-bond donors (Lipinski definition) is 1. The van der Waals surface area contributed by atoms with Crippen LogP contribution >= 0.6 is 0 Å². The van der Waals surface area contributed by atoms with Gasteiger partial charge in [-0.15, -0.1) is 5.10 Å². The molecule has 0 saturated heterocycles. The topological polar surface area (TPSA) is 117 Å². The van der Waals surface area contributed by atoms with Gasteiger partial charge >= 0.3 is 0 Å². The molecule has 0 aliphatic rings. The van der Waals surface area contributed by atoms with Gasteiger partial charge in [0.15, 0.2) is 5.82 Å². The van der Waals surface area contributed by atoms with Gasteiger partial charge in [0.2, 0.25) is 10.0 Å². The number of sulfonamides is 1. The standard InChI is InChI=1S/C21H27N5O5S/c1-5-30-17-7-8-19(18(14-17)31-6-2)32(28,29)22-11-12-25-21(27)10-9-20(24-25)26-16(4)13-15(3)23-26/h7-10,13-14,22H,5-6,11-12H2,1-4H3. The molecule has 0 atom stereocenters. The molecule has 2 aromatic heterocycles. The highest BCUT2D eigenvalue weighted by Crippen LogP contribution is 2.28. The zero-order chi connectivity index (χ0) is 23.3. The third-order valence-electron chi connectivity index (χ3n) is 4.51. The highest BCUT2D eigenvalue weighted by molar-refractivity contribution is 7.89. The molecule has 0 saturated carbocycles. The second kappa shape index (κ2) is 9.96. The Kier molecular flexibility index (Phi) is 7.31. The molecule has 0 aliphatic carbocycles. The molecule has 172 valence electrons. The molecule has 2 heterocycles. The molecular weight excluding hydrogens is 434 g/mol. The van der Waals surface area contributed by atoms with Crippen LogP contribution in [0.25, 0.3) is 5.82 Å². The average Bonchev–Trinajstić information content (AvgIpc) is 3.08. The molecule has 0 spiro atoms. The van der Waals surface area contributed by atoms with Crippen LogP contribution in [0, 0.1) is 13.8 Å². The molecule has 3 rings (SSSR count). The molecule has 11 heteroatoms. The van der Waals surface area contributed by atoms with Crippen LogP contribution in [0.1, 0.15) is 25.2 Å². The molecule has 0 bridgehead atoms. The third kappa shape index (κ3) is 5.35. The van der Waals surface area contributed by atoms with Crippen LogP contribution in [-0.2, 0) is 16.6 Å². The molecule has 0 aliphatic heterocycles. The highest BCUT2D eigenvalue weighted by atomic mass is 32.2. The SMILES string of the molecule is CCOc1ccc(S(=O)(=O)NCCn2nc(-n3nc(C)cc3C)ccc2=O)c(OCC)c1. The van der Waals surface area contributed by atoms with E-state index >= 15 is 0 Å². The van der Waals surface area contributed by atoms with Crippen LogP contribution in [0.2, 0.25) is 0 Å². The number of ether oxygens (including phenoxy) is 2. The van der Waals surface area contributed by atoms with Crippen LogP contribution in [-0.4, -0.2) is 47.7 Å². The smallest absolute Gasteiger partial charge is 0.266 e. The van der Waals surface area contributed by atoms with Crippen molar-refractivity contribution in [3.8, 4) is 17.3 Å². The Bertz CT molecular complexity index is 1250. The first kappa shape index (κ1) is 23.5.